The van der Waals surface area contributed by atoms with E-state index in [9.17, 15) is 9.59 Å². The molecule has 8 heteroatoms. The molecule has 0 aliphatic heterocycles. The molecular weight excluding hydrogens is 332 g/mol. The summed E-state index contributed by atoms with van der Waals surface area (Å²) in [6.45, 7) is -0.123. The molecule has 0 aliphatic carbocycles. The number of aliphatic carboxylic acids is 1. The van der Waals surface area contributed by atoms with E-state index in [0.717, 1.165) is 0 Å². The number of carbonyl (C=O) groups excluding carboxylic acids is 1. The van der Waals surface area contributed by atoms with Crippen molar-refractivity contribution < 1.29 is 24.2 Å². The van der Waals surface area contributed by atoms with Crippen LogP contribution < -0.4 is 15.4 Å². The molecule has 7 nitrogen and oxygen atoms in total. The minimum absolute atomic E-state index is 0.123. The summed E-state index contributed by atoms with van der Waals surface area (Å²) >= 11 is 3.27. The Morgan fingerprint density at radius 1 is 1.40 bits per heavy atom. The Balaban J connectivity index is 2.72. The summed E-state index contributed by atoms with van der Waals surface area (Å²) in [6, 6.07) is 3.26. The zero-order chi connectivity index (χ0) is 15.1. The van der Waals surface area contributed by atoms with E-state index in [2.05, 4.69) is 26.6 Å². The van der Waals surface area contributed by atoms with Crippen molar-refractivity contribution in [2.75, 3.05) is 26.1 Å². The number of hydrogen-bond acceptors (Lipinski definition) is 4. The lowest BCUT2D eigenvalue weighted by molar-refractivity contribution is -0.140. The average molecular weight is 347 g/mol. The van der Waals surface area contributed by atoms with Crippen molar-refractivity contribution in [3.8, 4) is 5.75 Å². The Kier molecular flexibility index (Phi) is 6.26. The lowest BCUT2D eigenvalue weighted by Crippen LogP contribution is -2.45. The maximum Gasteiger partial charge on any atom is 0.328 e. The molecule has 0 radical (unpaired) electrons. The number of anilines is 1. The molecule has 1 unspecified atom stereocenters. The van der Waals surface area contributed by atoms with Crippen LogP contribution in [0.5, 0.6) is 5.75 Å². The van der Waals surface area contributed by atoms with Crippen molar-refractivity contribution in [1.29, 1.82) is 0 Å². The third-order valence-corrected chi connectivity index (χ3v) is 3.05. The van der Waals surface area contributed by atoms with Gasteiger partial charge in [0.15, 0.2) is 6.04 Å². The van der Waals surface area contributed by atoms with Crippen LogP contribution in [0.3, 0.4) is 0 Å². The molecule has 3 N–H and O–H groups in total. The molecular formula is C12H15BrN2O5. The summed E-state index contributed by atoms with van der Waals surface area (Å²) in [5.74, 6) is -0.609. The molecule has 0 fully saturated rings. The summed E-state index contributed by atoms with van der Waals surface area (Å²) in [7, 11) is 2.86. The third-order valence-electron chi connectivity index (χ3n) is 2.36. The lowest BCUT2D eigenvalue weighted by Gasteiger charge is -2.15. The first-order chi connectivity index (χ1) is 9.47. The van der Waals surface area contributed by atoms with Crippen LogP contribution in [0.25, 0.3) is 0 Å². The molecule has 2 amide bonds. The molecule has 0 bridgehead atoms. The van der Waals surface area contributed by atoms with Crippen LogP contribution in [0.15, 0.2) is 22.7 Å². The number of benzene rings is 1. The van der Waals surface area contributed by atoms with Crippen LogP contribution in [-0.4, -0.2) is 44.0 Å². The van der Waals surface area contributed by atoms with Gasteiger partial charge >= 0.3 is 12.0 Å². The molecule has 0 aromatic heterocycles. The molecule has 1 aromatic rings. The van der Waals surface area contributed by atoms with Crippen LogP contribution in [0.2, 0.25) is 0 Å². The topological polar surface area (TPSA) is 96.9 Å². The maximum absolute atomic E-state index is 11.8. The normalized spacial score (nSPS) is 11.6. The quantitative estimate of drug-likeness (QED) is 0.728. The Bertz CT molecular complexity index is 495. The molecule has 1 atom stereocenters. The van der Waals surface area contributed by atoms with Crippen LogP contribution >= 0.6 is 15.9 Å². The van der Waals surface area contributed by atoms with E-state index in [-0.39, 0.29) is 6.61 Å². The number of hydrogen-bond donors (Lipinski definition) is 3. The molecule has 0 saturated heterocycles. The minimum Gasteiger partial charge on any atom is -0.497 e. The standard InChI is InChI=1S/C12H15BrN2O5/c1-19-6-10(11(16)17)15-12(18)14-9-5-7(20-2)3-4-8(9)13/h3-5,10H,6H2,1-2H3,(H,16,17)(H2,14,15,18). The number of urea groups is 1. The Hall–Kier alpha value is -1.80. The zero-order valence-electron chi connectivity index (χ0n) is 11.0. The van der Waals surface area contributed by atoms with Crippen LogP contribution in [0, 0.1) is 0 Å². The van der Waals surface area contributed by atoms with Gasteiger partial charge in [-0.25, -0.2) is 9.59 Å². The highest BCUT2D eigenvalue weighted by Gasteiger charge is 2.20. The number of nitrogens with one attached hydrogen (secondary N) is 2. The predicted octanol–water partition coefficient (Wildman–Crippen LogP) is 1.68. The maximum atomic E-state index is 11.8. The highest BCUT2D eigenvalue weighted by Crippen LogP contribution is 2.26. The van der Waals surface area contributed by atoms with Crippen LogP contribution in [0.1, 0.15) is 0 Å². The number of rotatable bonds is 6. The monoisotopic (exact) mass is 346 g/mol. The molecule has 0 heterocycles. The van der Waals surface area contributed by atoms with Gasteiger partial charge in [-0.3, -0.25) is 0 Å². The van der Waals surface area contributed by atoms with E-state index in [4.69, 9.17) is 14.6 Å². The largest absolute Gasteiger partial charge is 0.497 e. The van der Waals surface area contributed by atoms with E-state index >= 15 is 0 Å². The number of amides is 2. The van der Waals surface area contributed by atoms with Crippen molar-refractivity contribution in [3.05, 3.63) is 22.7 Å². The second-order valence-electron chi connectivity index (χ2n) is 3.79. The smallest absolute Gasteiger partial charge is 0.328 e. The van der Waals surface area contributed by atoms with Gasteiger partial charge < -0.3 is 25.2 Å². The second kappa shape index (κ2) is 7.71. The van der Waals surface area contributed by atoms with Gasteiger partial charge in [0.05, 0.1) is 19.4 Å². The number of carbonyl (C=O) groups is 2. The van der Waals surface area contributed by atoms with Gasteiger partial charge in [0, 0.05) is 17.6 Å². The first-order valence-corrected chi connectivity index (χ1v) is 6.40. The second-order valence-corrected chi connectivity index (χ2v) is 4.64. The number of carboxylic acids is 1. The van der Waals surface area contributed by atoms with Crippen LogP contribution in [0.4, 0.5) is 10.5 Å². The highest BCUT2D eigenvalue weighted by atomic mass is 79.9. The van der Waals surface area contributed by atoms with Gasteiger partial charge in [-0.2, -0.15) is 0 Å². The molecule has 0 aliphatic rings. The van der Waals surface area contributed by atoms with Gasteiger partial charge in [-0.15, -0.1) is 0 Å². The molecule has 1 rings (SSSR count). The van der Waals surface area contributed by atoms with E-state index < -0.39 is 18.0 Å². The summed E-state index contributed by atoms with van der Waals surface area (Å²) in [6.07, 6.45) is 0. The molecule has 110 valence electrons. The van der Waals surface area contributed by atoms with E-state index in [1.807, 2.05) is 0 Å². The molecule has 0 saturated carbocycles. The van der Waals surface area contributed by atoms with Crippen molar-refractivity contribution in [1.82, 2.24) is 5.32 Å². The van der Waals surface area contributed by atoms with E-state index in [1.54, 1.807) is 18.2 Å². The highest BCUT2D eigenvalue weighted by molar-refractivity contribution is 9.10. The van der Waals surface area contributed by atoms with Crippen molar-refractivity contribution >= 4 is 33.6 Å². The number of ether oxygens (including phenoxy) is 2. The van der Waals surface area contributed by atoms with Gasteiger partial charge in [0.1, 0.15) is 5.75 Å². The Morgan fingerprint density at radius 3 is 2.65 bits per heavy atom. The fraction of sp³-hybridized carbons (Fsp3) is 0.333. The van der Waals surface area contributed by atoms with Gasteiger partial charge in [-0.1, -0.05) is 0 Å². The summed E-state index contributed by atoms with van der Waals surface area (Å²) in [4.78, 5) is 22.6. The first-order valence-electron chi connectivity index (χ1n) is 5.60. The van der Waals surface area contributed by atoms with Crippen LogP contribution in [-0.2, 0) is 9.53 Å². The summed E-state index contributed by atoms with van der Waals surface area (Å²) in [5.41, 5.74) is 0.461. The summed E-state index contributed by atoms with van der Waals surface area (Å²) < 4.78 is 10.4. The Labute approximate surface area is 124 Å². The van der Waals surface area contributed by atoms with E-state index in [0.29, 0.717) is 15.9 Å². The van der Waals surface area contributed by atoms with Crippen molar-refractivity contribution in [2.45, 2.75) is 6.04 Å². The average Bonchev–Trinajstić information content (AvgIpc) is 2.40. The fourth-order valence-electron chi connectivity index (χ4n) is 1.39. The van der Waals surface area contributed by atoms with Gasteiger partial charge in [0.25, 0.3) is 0 Å². The Morgan fingerprint density at radius 2 is 2.10 bits per heavy atom. The predicted molar refractivity (Wildman–Crippen MR) is 76.1 cm³/mol. The van der Waals surface area contributed by atoms with E-state index in [1.165, 1.54) is 14.2 Å². The van der Waals surface area contributed by atoms with Gasteiger partial charge in [0.2, 0.25) is 0 Å². The first kappa shape index (κ1) is 16.3. The van der Waals surface area contributed by atoms with Gasteiger partial charge in [-0.05, 0) is 28.1 Å². The lowest BCUT2D eigenvalue weighted by atomic mass is 10.3. The number of carboxylic acid groups (broad SMARTS) is 1. The zero-order valence-corrected chi connectivity index (χ0v) is 12.6. The van der Waals surface area contributed by atoms with Crippen molar-refractivity contribution in [3.63, 3.8) is 0 Å². The SMILES string of the molecule is COCC(NC(=O)Nc1cc(OC)ccc1Br)C(=O)O. The molecule has 1 aromatic carbocycles. The fourth-order valence-corrected chi connectivity index (χ4v) is 1.73. The summed E-state index contributed by atoms with van der Waals surface area (Å²) in [5, 5.41) is 13.7. The molecule has 20 heavy (non-hydrogen) atoms. The number of methoxy groups -OCH3 is 2. The third kappa shape index (κ3) is 4.71. The number of halogens is 1. The molecule has 0 spiro atoms. The minimum atomic E-state index is -1.17. The van der Waals surface area contributed by atoms with Crippen molar-refractivity contribution in [2.24, 2.45) is 0 Å².